The highest BCUT2D eigenvalue weighted by molar-refractivity contribution is 5.47. The molecule has 0 bridgehead atoms. The van der Waals surface area contributed by atoms with Crippen LogP contribution in [-0.2, 0) is 0 Å². The molecule has 2 aliphatic carbocycles. The molecule has 1 aromatic rings. The van der Waals surface area contributed by atoms with E-state index in [1.165, 1.54) is 44.2 Å². The molecule has 2 saturated carbocycles. The number of anilines is 1. The van der Waals surface area contributed by atoms with Crippen LogP contribution in [0.15, 0.2) is 24.3 Å². The van der Waals surface area contributed by atoms with Crippen molar-refractivity contribution in [2.45, 2.75) is 57.6 Å². The van der Waals surface area contributed by atoms with Gasteiger partial charge in [-0.3, -0.25) is 0 Å². The van der Waals surface area contributed by atoms with Crippen molar-refractivity contribution >= 4 is 5.69 Å². The van der Waals surface area contributed by atoms with Crippen molar-refractivity contribution in [2.24, 2.45) is 5.92 Å². The average molecular weight is 245 g/mol. The van der Waals surface area contributed by atoms with Crippen molar-refractivity contribution < 1.29 is 4.74 Å². The normalized spacial score (nSPS) is 21.8. The molecular weight excluding hydrogens is 222 g/mol. The van der Waals surface area contributed by atoms with Crippen molar-refractivity contribution in [2.75, 3.05) is 5.32 Å². The first-order valence-electron chi connectivity index (χ1n) is 7.34. The van der Waals surface area contributed by atoms with Gasteiger partial charge in [-0.25, -0.2) is 0 Å². The zero-order chi connectivity index (χ0) is 12.4. The molecule has 18 heavy (non-hydrogen) atoms. The Hall–Kier alpha value is -1.18. The van der Waals surface area contributed by atoms with Gasteiger partial charge >= 0.3 is 0 Å². The van der Waals surface area contributed by atoms with Crippen molar-refractivity contribution in [1.82, 2.24) is 0 Å². The van der Waals surface area contributed by atoms with Gasteiger partial charge < -0.3 is 10.1 Å². The quantitative estimate of drug-likeness (QED) is 0.838. The molecule has 98 valence electrons. The second-order valence-electron chi connectivity index (χ2n) is 5.82. The summed E-state index contributed by atoms with van der Waals surface area (Å²) in [7, 11) is 0. The molecule has 1 atom stereocenters. The minimum atomic E-state index is 0.453. The third-order valence-electron chi connectivity index (χ3n) is 4.18. The molecule has 2 aliphatic rings. The summed E-state index contributed by atoms with van der Waals surface area (Å²) in [6.45, 7) is 2.28. The molecule has 0 aromatic heterocycles. The summed E-state index contributed by atoms with van der Waals surface area (Å²) < 4.78 is 5.97. The minimum absolute atomic E-state index is 0.453. The molecule has 1 unspecified atom stereocenters. The first-order chi connectivity index (χ1) is 8.81. The zero-order valence-electron chi connectivity index (χ0n) is 11.2. The molecule has 0 heterocycles. The van der Waals surface area contributed by atoms with Crippen LogP contribution in [0.5, 0.6) is 5.75 Å². The summed E-state index contributed by atoms with van der Waals surface area (Å²) in [4.78, 5) is 0. The smallest absolute Gasteiger partial charge is 0.119 e. The van der Waals surface area contributed by atoms with E-state index < -0.39 is 0 Å². The molecule has 1 N–H and O–H groups in total. The Labute approximate surface area is 110 Å². The van der Waals surface area contributed by atoms with E-state index >= 15 is 0 Å². The molecule has 0 spiro atoms. The van der Waals surface area contributed by atoms with E-state index in [1.54, 1.807) is 0 Å². The monoisotopic (exact) mass is 245 g/mol. The lowest BCUT2D eigenvalue weighted by Crippen LogP contribution is -2.17. The van der Waals surface area contributed by atoms with E-state index in [2.05, 4.69) is 36.5 Å². The van der Waals surface area contributed by atoms with E-state index in [-0.39, 0.29) is 0 Å². The molecule has 0 amide bonds. The molecule has 0 saturated heterocycles. The molecule has 0 aliphatic heterocycles. The number of ether oxygens (including phenoxy) is 1. The van der Waals surface area contributed by atoms with Gasteiger partial charge in [-0.1, -0.05) is 0 Å². The van der Waals surface area contributed by atoms with Crippen molar-refractivity contribution in [3.05, 3.63) is 24.3 Å². The lowest BCUT2D eigenvalue weighted by atomic mass is 10.2. The zero-order valence-corrected chi connectivity index (χ0v) is 11.2. The predicted molar refractivity (Wildman–Crippen MR) is 75.1 cm³/mol. The average Bonchev–Trinajstić information content (AvgIpc) is 3.11. The first kappa shape index (κ1) is 11.9. The Morgan fingerprint density at radius 1 is 1.06 bits per heavy atom. The van der Waals surface area contributed by atoms with E-state index in [0.29, 0.717) is 12.1 Å². The van der Waals surface area contributed by atoms with Gasteiger partial charge in [0.2, 0.25) is 0 Å². The van der Waals surface area contributed by atoms with E-state index in [1.807, 2.05) is 0 Å². The lowest BCUT2D eigenvalue weighted by molar-refractivity contribution is 0.210. The maximum Gasteiger partial charge on any atom is 0.119 e. The van der Waals surface area contributed by atoms with Gasteiger partial charge in [-0.05, 0) is 75.6 Å². The van der Waals surface area contributed by atoms with Crippen molar-refractivity contribution in [1.29, 1.82) is 0 Å². The fourth-order valence-electron chi connectivity index (χ4n) is 2.81. The standard InChI is InChI=1S/C16H23NO/c1-12(13-6-7-13)17-14-8-10-16(11-9-14)18-15-4-2-3-5-15/h8-13,15,17H,2-7H2,1H3. The maximum atomic E-state index is 5.97. The summed E-state index contributed by atoms with van der Waals surface area (Å²) in [5.41, 5.74) is 1.22. The highest BCUT2D eigenvalue weighted by atomic mass is 16.5. The summed E-state index contributed by atoms with van der Waals surface area (Å²) in [5.74, 6) is 1.91. The Morgan fingerprint density at radius 3 is 2.33 bits per heavy atom. The Balaban J connectivity index is 1.54. The van der Waals surface area contributed by atoms with Gasteiger partial charge in [0.1, 0.15) is 5.75 Å². The van der Waals surface area contributed by atoms with E-state index in [9.17, 15) is 0 Å². The highest BCUT2D eigenvalue weighted by Gasteiger charge is 2.27. The summed E-state index contributed by atoms with van der Waals surface area (Å²) in [5, 5.41) is 3.57. The SMILES string of the molecule is CC(Nc1ccc(OC2CCCC2)cc1)C1CC1. The van der Waals surface area contributed by atoms with Gasteiger partial charge in [-0.2, -0.15) is 0 Å². The van der Waals surface area contributed by atoms with Crippen LogP contribution in [0.2, 0.25) is 0 Å². The van der Waals surface area contributed by atoms with Crippen LogP contribution < -0.4 is 10.1 Å². The topological polar surface area (TPSA) is 21.3 Å². The number of rotatable bonds is 5. The third-order valence-corrected chi connectivity index (χ3v) is 4.18. The Kier molecular flexibility index (Phi) is 3.44. The molecule has 1 aromatic carbocycles. The largest absolute Gasteiger partial charge is 0.490 e. The number of benzene rings is 1. The number of nitrogens with one attached hydrogen (secondary N) is 1. The van der Waals surface area contributed by atoms with Crippen LogP contribution in [-0.4, -0.2) is 12.1 Å². The predicted octanol–water partition coefficient (Wildman–Crippen LogP) is 4.22. The third kappa shape index (κ3) is 2.98. The molecule has 2 fully saturated rings. The van der Waals surface area contributed by atoms with Crippen molar-refractivity contribution in [3.63, 3.8) is 0 Å². The van der Waals surface area contributed by atoms with Gasteiger partial charge in [0.25, 0.3) is 0 Å². The van der Waals surface area contributed by atoms with Gasteiger partial charge in [0, 0.05) is 11.7 Å². The highest BCUT2D eigenvalue weighted by Crippen LogP contribution is 2.34. The molecule has 2 heteroatoms. The van der Waals surface area contributed by atoms with Gasteiger partial charge in [0.15, 0.2) is 0 Å². The number of hydrogen-bond donors (Lipinski definition) is 1. The second kappa shape index (κ2) is 5.21. The van der Waals surface area contributed by atoms with E-state index in [4.69, 9.17) is 4.74 Å². The minimum Gasteiger partial charge on any atom is -0.490 e. The van der Waals surface area contributed by atoms with Gasteiger partial charge in [0.05, 0.1) is 6.10 Å². The molecule has 2 nitrogen and oxygen atoms in total. The molecular formula is C16H23NO. The summed E-state index contributed by atoms with van der Waals surface area (Å²) >= 11 is 0. The van der Waals surface area contributed by atoms with Crippen LogP contribution in [0, 0.1) is 5.92 Å². The van der Waals surface area contributed by atoms with E-state index in [0.717, 1.165) is 11.7 Å². The first-order valence-corrected chi connectivity index (χ1v) is 7.34. The fourth-order valence-corrected chi connectivity index (χ4v) is 2.81. The van der Waals surface area contributed by atoms with Crippen LogP contribution in [0.25, 0.3) is 0 Å². The summed E-state index contributed by atoms with van der Waals surface area (Å²) in [6, 6.07) is 9.08. The maximum absolute atomic E-state index is 5.97. The van der Waals surface area contributed by atoms with Crippen LogP contribution in [0.4, 0.5) is 5.69 Å². The number of hydrogen-bond acceptors (Lipinski definition) is 2. The molecule has 3 rings (SSSR count). The Bertz CT molecular complexity index is 354. The summed E-state index contributed by atoms with van der Waals surface area (Å²) in [6.07, 6.45) is 8.31. The van der Waals surface area contributed by atoms with Gasteiger partial charge in [-0.15, -0.1) is 0 Å². The van der Waals surface area contributed by atoms with Crippen LogP contribution in [0.1, 0.15) is 45.4 Å². The van der Waals surface area contributed by atoms with Crippen molar-refractivity contribution in [3.8, 4) is 5.75 Å². The van der Waals surface area contributed by atoms with Crippen LogP contribution >= 0.6 is 0 Å². The van der Waals surface area contributed by atoms with Crippen LogP contribution in [0.3, 0.4) is 0 Å². The second-order valence-corrected chi connectivity index (χ2v) is 5.82. The Morgan fingerprint density at radius 2 is 1.72 bits per heavy atom. The lowest BCUT2D eigenvalue weighted by Gasteiger charge is -2.16. The fraction of sp³-hybridized carbons (Fsp3) is 0.625. The molecule has 0 radical (unpaired) electrons.